The van der Waals surface area contributed by atoms with Crippen LogP contribution in [-0.4, -0.2) is 22.4 Å². The molecule has 1 saturated carbocycles. The van der Waals surface area contributed by atoms with Crippen LogP contribution in [0.1, 0.15) is 56.3 Å². The summed E-state index contributed by atoms with van der Waals surface area (Å²) in [6.07, 6.45) is 2.56. The van der Waals surface area contributed by atoms with E-state index in [0.29, 0.717) is 23.8 Å². The number of likely N-dealkylation sites (N-methyl/N-ethyl adjacent to an activating group) is 1. The van der Waals surface area contributed by atoms with Gasteiger partial charge in [0.25, 0.3) is 0 Å². The lowest BCUT2D eigenvalue weighted by Crippen LogP contribution is -2.31. The van der Waals surface area contributed by atoms with Crippen LogP contribution in [0.4, 0.5) is 0 Å². The minimum absolute atomic E-state index is 0.458. The van der Waals surface area contributed by atoms with Gasteiger partial charge in [0, 0.05) is 17.9 Å². The molecule has 2 atom stereocenters. The highest BCUT2D eigenvalue weighted by Crippen LogP contribution is 2.40. The molecule has 0 bridgehead atoms. The van der Waals surface area contributed by atoms with Crippen molar-refractivity contribution >= 4 is 11.5 Å². The van der Waals surface area contributed by atoms with Gasteiger partial charge < -0.3 is 5.32 Å². The average molecular weight is 239 g/mol. The third-order valence-electron chi connectivity index (χ3n) is 3.40. The zero-order valence-corrected chi connectivity index (χ0v) is 11.3. The van der Waals surface area contributed by atoms with Crippen molar-refractivity contribution < 1.29 is 0 Å². The van der Waals surface area contributed by atoms with E-state index in [4.69, 9.17) is 4.98 Å². The molecule has 90 valence electrons. The maximum absolute atomic E-state index is 4.73. The molecule has 0 spiro atoms. The van der Waals surface area contributed by atoms with Crippen LogP contribution in [0, 0.1) is 5.92 Å². The Labute approximate surface area is 102 Å². The van der Waals surface area contributed by atoms with Crippen LogP contribution in [0.5, 0.6) is 0 Å². The molecule has 16 heavy (non-hydrogen) atoms. The van der Waals surface area contributed by atoms with Crippen molar-refractivity contribution in [3.63, 3.8) is 0 Å². The van der Waals surface area contributed by atoms with Gasteiger partial charge in [-0.2, -0.15) is 4.37 Å². The maximum Gasteiger partial charge on any atom is 0.145 e. The summed E-state index contributed by atoms with van der Waals surface area (Å²) in [5.41, 5.74) is 0. The van der Waals surface area contributed by atoms with Gasteiger partial charge in [0.2, 0.25) is 0 Å². The second kappa shape index (κ2) is 4.80. The second-order valence-electron chi connectivity index (χ2n) is 5.11. The zero-order chi connectivity index (χ0) is 11.7. The van der Waals surface area contributed by atoms with Gasteiger partial charge >= 0.3 is 0 Å². The van der Waals surface area contributed by atoms with E-state index < -0.39 is 0 Å². The van der Waals surface area contributed by atoms with Gasteiger partial charge in [0.15, 0.2) is 0 Å². The summed E-state index contributed by atoms with van der Waals surface area (Å²) in [5.74, 6) is 2.84. The van der Waals surface area contributed by atoms with Crippen molar-refractivity contribution in [3.05, 3.63) is 10.8 Å². The van der Waals surface area contributed by atoms with Crippen LogP contribution in [0.3, 0.4) is 0 Å². The molecule has 2 unspecified atom stereocenters. The largest absolute Gasteiger partial charge is 0.317 e. The lowest BCUT2D eigenvalue weighted by Gasteiger charge is -2.24. The molecule has 1 aromatic heterocycles. The van der Waals surface area contributed by atoms with Crippen LogP contribution < -0.4 is 5.32 Å². The Hall–Kier alpha value is -0.480. The van der Waals surface area contributed by atoms with Crippen LogP contribution >= 0.6 is 11.5 Å². The van der Waals surface area contributed by atoms with Crippen molar-refractivity contribution in [1.82, 2.24) is 14.7 Å². The fraction of sp³-hybridized carbons (Fsp3) is 0.833. The van der Waals surface area contributed by atoms with Gasteiger partial charge in [-0.15, -0.1) is 0 Å². The minimum Gasteiger partial charge on any atom is -0.317 e. The maximum atomic E-state index is 4.73. The molecule has 1 aromatic rings. The lowest BCUT2D eigenvalue weighted by atomic mass is 9.90. The Morgan fingerprint density at radius 3 is 2.50 bits per heavy atom. The molecule has 4 heteroatoms. The summed E-state index contributed by atoms with van der Waals surface area (Å²) >= 11 is 1.60. The summed E-state index contributed by atoms with van der Waals surface area (Å²) in [7, 11) is 2.02. The standard InChI is InChI=1S/C12H21N3S/c1-7(2)10(8(3)13-4)12-14-11(15-16-12)9-5-6-9/h7-10,13H,5-6H2,1-4H3. The molecule has 0 aliphatic heterocycles. The molecule has 0 amide bonds. The smallest absolute Gasteiger partial charge is 0.145 e. The van der Waals surface area contributed by atoms with E-state index in [9.17, 15) is 0 Å². The number of nitrogens with one attached hydrogen (secondary N) is 1. The Morgan fingerprint density at radius 1 is 1.31 bits per heavy atom. The van der Waals surface area contributed by atoms with Gasteiger partial charge in [0.1, 0.15) is 10.8 Å². The highest BCUT2D eigenvalue weighted by atomic mass is 32.1. The SMILES string of the molecule is CNC(C)C(c1nc(C2CC2)ns1)C(C)C. The zero-order valence-electron chi connectivity index (χ0n) is 10.5. The minimum atomic E-state index is 0.458. The van der Waals surface area contributed by atoms with Gasteiger partial charge in [0.05, 0.1) is 0 Å². The number of aromatic nitrogens is 2. The number of nitrogens with zero attached hydrogens (tertiary/aromatic N) is 2. The summed E-state index contributed by atoms with van der Waals surface area (Å²) in [5, 5.41) is 4.55. The fourth-order valence-electron chi connectivity index (χ4n) is 2.15. The van der Waals surface area contributed by atoms with Crippen LogP contribution in [0.2, 0.25) is 0 Å². The number of rotatable bonds is 5. The summed E-state index contributed by atoms with van der Waals surface area (Å²) in [4.78, 5) is 4.73. The molecular weight excluding hydrogens is 218 g/mol. The van der Waals surface area contributed by atoms with Crippen LogP contribution in [0.25, 0.3) is 0 Å². The Balaban J connectivity index is 2.16. The molecule has 2 rings (SSSR count). The number of hydrogen-bond donors (Lipinski definition) is 1. The third kappa shape index (κ3) is 2.43. The van der Waals surface area contributed by atoms with Crippen molar-refractivity contribution in [2.75, 3.05) is 7.05 Å². The van der Waals surface area contributed by atoms with Crippen LogP contribution in [-0.2, 0) is 0 Å². The number of hydrogen-bond acceptors (Lipinski definition) is 4. The van der Waals surface area contributed by atoms with E-state index in [2.05, 4.69) is 30.5 Å². The first-order valence-corrected chi connectivity index (χ1v) is 6.91. The molecule has 1 heterocycles. The summed E-state index contributed by atoms with van der Waals surface area (Å²) < 4.78 is 4.50. The topological polar surface area (TPSA) is 37.8 Å². The summed E-state index contributed by atoms with van der Waals surface area (Å²) in [6, 6.07) is 0.458. The van der Waals surface area contributed by atoms with Crippen LogP contribution in [0.15, 0.2) is 0 Å². The quantitative estimate of drug-likeness (QED) is 0.858. The van der Waals surface area contributed by atoms with E-state index in [1.807, 2.05) is 7.05 Å². The molecule has 1 aliphatic rings. The monoisotopic (exact) mass is 239 g/mol. The lowest BCUT2D eigenvalue weighted by molar-refractivity contribution is 0.394. The summed E-state index contributed by atoms with van der Waals surface area (Å²) in [6.45, 7) is 6.75. The Bertz CT molecular complexity index is 344. The Kier molecular flexibility index (Phi) is 3.60. The van der Waals surface area contributed by atoms with Gasteiger partial charge in [-0.25, -0.2) is 4.98 Å². The van der Waals surface area contributed by atoms with E-state index in [0.717, 1.165) is 5.82 Å². The van der Waals surface area contributed by atoms with Gasteiger partial charge in [-0.3, -0.25) is 0 Å². The highest BCUT2D eigenvalue weighted by molar-refractivity contribution is 7.05. The molecule has 1 fully saturated rings. The Morgan fingerprint density at radius 2 is 2.00 bits per heavy atom. The third-order valence-corrected chi connectivity index (χ3v) is 4.23. The van der Waals surface area contributed by atoms with E-state index in [1.54, 1.807) is 11.5 Å². The molecule has 0 aromatic carbocycles. The van der Waals surface area contributed by atoms with E-state index in [-0.39, 0.29) is 0 Å². The molecular formula is C12H21N3S. The average Bonchev–Trinajstić information content (AvgIpc) is 2.99. The molecule has 0 radical (unpaired) electrons. The van der Waals surface area contributed by atoms with Gasteiger partial charge in [-0.1, -0.05) is 13.8 Å². The van der Waals surface area contributed by atoms with Crippen molar-refractivity contribution in [3.8, 4) is 0 Å². The van der Waals surface area contributed by atoms with E-state index >= 15 is 0 Å². The first-order chi connectivity index (χ1) is 7.63. The first-order valence-electron chi connectivity index (χ1n) is 6.14. The fourth-order valence-corrected chi connectivity index (χ4v) is 3.26. The first kappa shape index (κ1) is 12.0. The molecule has 0 saturated heterocycles. The normalized spacial score (nSPS) is 20.1. The molecule has 3 nitrogen and oxygen atoms in total. The second-order valence-corrected chi connectivity index (χ2v) is 5.90. The van der Waals surface area contributed by atoms with Crippen molar-refractivity contribution in [2.24, 2.45) is 5.92 Å². The van der Waals surface area contributed by atoms with E-state index in [1.165, 1.54) is 17.8 Å². The van der Waals surface area contributed by atoms with Crippen molar-refractivity contribution in [1.29, 1.82) is 0 Å². The molecule has 1 N–H and O–H groups in total. The predicted molar refractivity (Wildman–Crippen MR) is 68.0 cm³/mol. The predicted octanol–water partition coefficient (Wildman–Crippen LogP) is 2.76. The molecule has 1 aliphatic carbocycles. The van der Waals surface area contributed by atoms with Gasteiger partial charge in [-0.05, 0) is 44.3 Å². The van der Waals surface area contributed by atoms with Crippen molar-refractivity contribution in [2.45, 2.75) is 51.5 Å². The highest BCUT2D eigenvalue weighted by Gasteiger charge is 2.31.